The van der Waals surface area contributed by atoms with Crippen molar-refractivity contribution in [2.45, 2.75) is 13.5 Å². The van der Waals surface area contributed by atoms with Crippen LogP contribution in [0.25, 0.3) is 33.4 Å². The van der Waals surface area contributed by atoms with Gasteiger partial charge in [-0.25, -0.2) is 9.97 Å². The van der Waals surface area contributed by atoms with Crippen LogP contribution in [0.1, 0.15) is 12.2 Å². The molecule has 2 aromatic carbocycles. The van der Waals surface area contributed by atoms with E-state index >= 15 is 0 Å². The van der Waals surface area contributed by atoms with E-state index in [9.17, 15) is 8.78 Å². The summed E-state index contributed by atoms with van der Waals surface area (Å²) in [6.45, 7) is -0.934. The number of alkyl halides is 2. The lowest BCUT2D eigenvalue weighted by Crippen LogP contribution is -2.00. The van der Waals surface area contributed by atoms with E-state index in [4.69, 9.17) is 0 Å². The largest absolute Gasteiger partial charge is 0.340 e. The fourth-order valence-corrected chi connectivity index (χ4v) is 3.63. The molecule has 0 bridgehead atoms. The molecule has 0 fully saturated rings. The number of nitrogens with one attached hydrogen (secondary N) is 2. The number of rotatable bonds is 5. The first-order valence-corrected chi connectivity index (χ1v) is 9.68. The molecular formula is C23H18F2N6. The molecule has 2 N–H and O–H groups in total. The lowest BCUT2D eigenvalue weighted by atomic mass is 10.1. The van der Waals surface area contributed by atoms with Crippen LogP contribution in [0, 0.1) is 6.92 Å². The van der Waals surface area contributed by atoms with Gasteiger partial charge in [-0.3, -0.25) is 9.67 Å². The van der Waals surface area contributed by atoms with Crippen LogP contribution >= 0.6 is 0 Å². The maximum absolute atomic E-state index is 13.5. The molecule has 0 amide bonds. The smallest absolute Gasteiger partial charge is 0.319 e. The minimum atomic E-state index is -2.60. The second-order valence-corrected chi connectivity index (χ2v) is 7.16. The topological polar surface area (TPSA) is 71.4 Å². The summed E-state index contributed by atoms with van der Waals surface area (Å²) in [4.78, 5) is 8.89. The molecule has 0 aliphatic heterocycles. The Balaban J connectivity index is 1.43. The Morgan fingerprint density at radius 2 is 1.77 bits per heavy atom. The van der Waals surface area contributed by atoms with Crippen LogP contribution in [-0.4, -0.2) is 24.7 Å². The number of benzene rings is 2. The van der Waals surface area contributed by atoms with Crippen LogP contribution in [0.5, 0.6) is 0 Å². The van der Waals surface area contributed by atoms with Crippen LogP contribution in [-0.2, 0) is 0 Å². The van der Waals surface area contributed by atoms with Gasteiger partial charge < -0.3 is 5.32 Å². The van der Waals surface area contributed by atoms with Crippen molar-refractivity contribution >= 4 is 22.4 Å². The highest BCUT2D eigenvalue weighted by Gasteiger charge is 2.15. The van der Waals surface area contributed by atoms with Crippen molar-refractivity contribution in [1.29, 1.82) is 0 Å². The highest BCUT2D eigenvalue weighted by molar-refractivity contribution is 5.85. The molecule has 5 rings (SSSR count). The highest BCUT2D eigenvalue weighted by atomic mass is 19.3. The molecule has 0 saturated heterocycles. The zero-order valence-corrected chi connectivity index (χ0v) is 16.6. The van der Waals surface area contributed by atoms with Gasteiger partial charge in [0.1, 0.15) is 5.82 Å². The lowest BCUT2D eigenvalue weighted by Gasteiger charge is -2.09. The van der Waals surface area contributed by atoms with Crippen molar-refractivity contribution in [2.75, 3.05) is 5.32 Å². The Morgan fingerprint density at radius 3 is 2.52 bits per heavy atom. The molecule has 8 heteroatoms. The zero-order valence-electron chi connectivity index (χ0n) is 16.6. The maximum atomic E-state index is 13.5. The number of aryl methyl sites for hydroxylation is 1. The third kappa shape index (κ3) is 3.63. The third-order valence-electron chi connectivity index (χ3n) is 5.13. The number of H-pyrrole nitrogens is 1. The molecule has 3 aromatic heterocycles. The Kier molecular flexibility index (Phi) is 4.66. The van der Waals surface area contributed by atoms with Gasteiger partial charge in [0.25, 0.3) is 0 Å². The predicted octanol–water partition coefficient (Wildman–Crippen LogP) is 5.94. The molecule has 154 valence electrons. The number of hydrogen-bond acceptors (Lipinski definition) is 4. The van der Waals surface area contributed by atoms with E-state index < -0.39 is 6.55 Å². The van der Waals surface area contributed by atoms with E-state index in [2.05, 4.69) is 25.5 Å². The Bertz CT molecular complexity index is 1340. The molecule has 5 aromatic rings. The molecule has 31 heavy (non-hydrogen) atoms. The van der Waals surface area contributed by atoms with Crippen molar-refractivity contribution in [3.63, 3.8) is 0 Å². The minimum Gasteiger partial charge on any atom is -0.340 e. The summed E-state index contributed by atoms with van der Waals surface area (Å²) in [5, 5.41) is 10.8. The van der Waals surface area contributed by atoms with Crippen LogP contribution in [0.2, 0.25) is 0 Å². The van der Waals surface area contributed by atoms with Crippen molar-refractivity contribution in [3.8, 4) is 22.5 Å². The van der Waals surface area contributed by atoms with E-state index in [1.807, 2.05) is 42.6 Å². The summed E-state index contributed by atoms with van der Waals surface area (Å²) in [6.07, 6.45) is 5.25. The number of fused-ring (bicyclic) bond motifs is 1. The van der Waals surface area contributed by atoms with Crippen molar-refractivity contribution < 1.29 is 8.78 Å². The van der Waals surface area contributed by atoms with Crippen LogP contribution in [0.4, 0.5) is 20.3 Å². The SMILES string of the molecule is Cc1cc2ccc(-c3nccc(Nc4ccc(-c5cn[nH]c5)cc4)n3)cc2n1C(F)F. The van der Waals surface area contributed by atoms with Crippen molar-refractivity contribution in [3.05, 3.63) is 78.9 Å². The number of nitrogens with zero attached hydrogens (tertiary/aromatic N) is 4. The van der Waals surface area contributed by atoms with Crippen molar-refractivity contribution in [1.82, 2.24) is 24.7 Å². The molecule has 6 nitrogen and oxygen atoms in total. The van der Waals surface area contributed by atoms with Gasteiger partial charge in [-0.15, -0.1) is 0 Å². The summed E-state index contributed by atoms with van der Waals surface area (Å²) in [7, 11) is 0. The molecule has 0 atom stereocenters. The number of hydrogen-bond donors (Lipinski definition) is 2. The highest BCUT2D eigenvalue weighted by Crippen LogP contribution is 2.29. The van der Waals surface area contributed by atoms with E-state index in [-0.39, 0.29) is 0 Å². The Hall–Kier alpha value is -4.07. The maximum Gasteiger partial charge on any atom is 0.319 e. The fourth-order valence-electron chi connectivity index (χ4n) is 3.63. The van der Waals surface area contributed by atoms with Gasteiger partial charge in [0.2, 0.25) is 0 Å². The summed E-state index contributed by atoms with van der Waals surface area (Å²) in [6, 6.07) is 16.8. The fraction of sp³-hybridized carbons (Fsp3) is 0.0870. The van der Waals surface area contributed by atoms with Gasteiger partial charge in [0.05, 0.1) is 11.7 Å². The average Bonchev–Trinajstić information content (AvgIpc) is 3.41. The van der Waals surface area contributed by atoms with Gasteiger partial charge in [0.15, 0.2) is 5.82 Å². The number of aromatic amines is 1. The first kappa shape index (κ1) is 18.9. The molecular weight excluding hydrogens is 398 g/mol. The van der Waals surface area contributed by atoms with Crippen LogP contribution < -0.4 is 5.32 Å². The van der Waals surface area contributed by atoms with E-state index in [0.29, 0.717) is 28.4 Å². The van der Waals surface area contributed by atoms with Gasteiger partial charge in [-0.1, -0.05) is 24.3 Å². The van der Waals surface area contributed by atoms with Crippen LogP contribution in [0.15, 0.2) is 73.2 Å². The van der Waals surface area contributed by atoms with E-state index in [1.165, 1.54) is 0 Å². The molecule has 0 aliphatic carbocycles. The molecule has 0 unspecified atom stereocenters. The van der Waals surface area contributed by atoms with E-state index in [0.717, 1.165) is 26.8 Å². The van der Waals surface area contributed by atoms with Gasteiger partial charge in [-0.05, 0) is 42.8 Å². The molecule has 0 spiro atoms. The van der Waals surface area contributed by atoms with Gasteiger partial charge in [-0.2, -0.15) is 13.9 Å². The number of halogens is 2. The minimum absolute atomic E-state index is 0.460. The standard InChI is InChI=1S/C23H18F2N6/c1-14-10-16-2-3-17(11-20(16)31(14)23(24)25)22-26-9-8-21(30-22)29-19-6-4-15(5-7-19)18-12-27-28-13-18/h2-13,23H,1H3,(H,27,28)(H,26,29,30). The second kappa shape index (κ2) is 7.64. The first-order valence-electron chi connectivity index (χ1n) is 9.68. The quantitative estimate of drug-likeness (QED) is 0.372. The third-order valence-corrected chi connectivity index (χ3v) is 5.13. The number of anilines is 2. The normalized spacial score (nSPS) is 11.4. The monoisotopic (exact) mass is 416 g/mol. The summed E-state index contributed by atoms with van der Waals surface area (Å²) in [5.74, 6) is 1.07. The molecule has 3 heterocycles. The van der Waals surface area contributed by atoms with Crippen molar-refractivity contribution in [2.24, 2.45) is 0 Å². The molecule has 0 radical (unpaired) electrons. The predicted molar refractivity (Wildman–Crippen MR) is 116 cm³/mol. The summed E-state index contributed by atoms with van der Waals surface area (Å²) < 4.78 is 27.9. The van der Waals surface area contributed by atoms with Gasteiger partial charge in [0, 0.05) is 40.3 Å². The average molecular weight is 416 g/mol. The van der Waals surface area contributed by atoms with Crippen LogP contribution in [0.3, 0.4) is 0 Å². The summed E-state index contributed by atoms with van der Waals surface area (Å²) in [5.41, 5.74) is 4.57. The second-order valence-electron chi connectivity index (χ2n) is 7.16. The van der Waals surface area contributed by atoms with E-state index in [1.54, 1.807) is 37.5 Å². The Labute approximate surface area is 176 Å². The molecule has 0 aliphatic rings. The molecule has 0 saturated carbocycles. The Morgan fingerprint density at radius 1 is 0.968 bits per heavy atom. The van der Waals surface area contributed by atoms with Gasteiger partial charge >= 0.3 is 6.55 Å². The number of aromatic nitrogens is 5. The lowest BCUT2D eigenvalue weighted by molar-refractivity contribution is 0.0733. The first-order chi connectivity index (χ1) is 15.1. The zero-order chi connectivity index (χ0) is 21.4. The summed E-state index contributed by atoms with van der Waals surface area (Å²) >= 11 is 0.